The number of nitrogens with one attached hydrogen (secondary N) is 1. The van der Waals surface area contributed by atoms with E-state index in [9.17, 15) is 13.2 Å². The van der Waals surface area contributed by atoms with Gasteiger partial charge in [-0.3, -0.25) is 9.36 Å². The van der Waals surface area contributed by atoms with Gasteiger partial charge in [0, 0.05) is 19.1 Å². The molecule has 1 aromatic heterocycles. The molecule has 144 valence electrons. The second kappa shape index (κ2) is 6.74. The molecule has 0 aliphatic carbocycles. The number of hydrogen-bond acceptors (Lipinski definition) is 5. The fraction of sp³-hybridized carbons (Fsp3) is 0.444. The number of likely N-dealkylation sites (tertiary alicyclic amines) is 1. The molecule has 2 aliphatic heterocycles. The molecule has 0 spiro atoms. The molecule has 0 unspecified atom stereocenters. The molecule has 3 heterocycles. The van der Waals surface area contributed by atoms with E-state index in [2.05, 4.69) is 15.2 Å². The molecular formula is C18H23N5O3S. The first-order valence-electron chi connectivity index (χ1n) is 9.07. The summed E-state index contributed by atoms with van der Waals surface area (Å²) in [5, 5.41) is 3.04. The SMILES string of the molecule is CCN1Cc2c(C(=O)N[C@H]3CCN(C)C3)ncn2-c2ccccc2S1(=O)=O. The number of rotatable bonds is 3. The molecular weight excluding hydrogens is 366 g/mol. The Bertz CT molecular complexity index is 985. The molecule has 0 radical (unpaired) electrons. The van der Waals surface area contributed by atoms with Crippen molar-refractivity contribution in [1.29, 1.82) is 0 Å². The fourth-order valence-electron chi connectivity index (χ4n) is 3.78. The first-order valence-corrected chi connectivity index (χ1v) is 10.5. The van der Waals surface area contributed by atoms with Gasteiger partial charge in [-0.15, -0.1) is 0 Å². The number of aromatic nitrogens is 2. The summed E-state index contributed by atoms with van der Waals surface area (Å²) in [5.41, 5.74) is 1.40. The lowest BCUT2D eigenvalue weighted by Crippen LogP contribution is -2.37. The van der Waals surface area contributed by atoms with E-state index in [1.807, 2.05) is 7.05 Å². The number of carbonyl (C=O) groups is 1. The molecule has 2 aromatic rings. The largest absolute Gasteiger partial charge is 0.347 e. The Morgan fingerprint density at radius 2 is 2.11 bits per heavy atom. The third-order valence-corrected chi connectivity index (χ3v) is 7.20. The summed E-state index contributed by atoms with van der Waals surface area (Å²) in [4.78, 5) is 19.6. The first-order chi connectivity index (χ1) is 12.9. The number of nitrogens with zero attached hydrogens (tertiary/aromatic N) is 4. The second-order valence-corrected chi connectivity index (χ2v) is 8.94. The number of carbonyl (C=O) groups excluding carboxylic acids is 1. The molecule has 27 heavy (non-hydrogen) atoms. The molecule has 9 heteroatoms. The highest BCUT2D eigenvalue weighted by Gasteiger charge is 2.34. The van der Waals surface area contributed by atoms with Crippen LogP contribution in [-0.4, -0.2) is 65.8 Å². The van der Waals surface area contributed by atoms with Gasteiger partial charge in [0.15, 0.2) is 5.69 Å². The molecule has 4 rings (SSSR count). The third-order valence-electron chi connectivity index (χ3n) is 5.23. The maximum Gasteiger partial charge on any atom is 0.272 e. The van der Waals surface area contributed by atoms with Crippen molar-refractivity contribution < 1.29 is 13.2 Å². The van der Waals surface area contributed by atoms with Crippen LogP contribution < -0.4 is 5.32 Å². The Morgan fingerprint density at radius 1 is 1.33 bits per heavy atom. The highest BCUT2D eigenvalue weighted by molar-refractivity contribution is 7.89. The van der Waals surface area contributed by atoms with Gasteiger partial charge < -0.3 is 10.2 Å². The number of imidazole rings is 1. The van der Waals surface area contributed by atoms with Crippen LogP contribution in [0.2, 0.25) is 0 Å². The van der Waals surface area contributed by atoms with Gasteiger partial charge in [-0.2, -0.15) is 4.31 Å². The Morgan fingerprint density at radius 3 is 2.81 bits per heavy atom. The zero-order valence-corrected chi connectivity index (χ0v) is 16.2. The Kier molecular flexibility index (Phi) is 4.53. The molecule has 1 atom stereocenters. The minimum Gasteiger partial charge on any atom is -0.347 e. The maximum absolute atomic E-state index is 13.0. The van der Waals surface area contributed by atoms with E-state index in [1.165, 1.54) is 4.31 Å². The molecule has 2 aliphatic rings. The van der Waals surface area contributed by atoms with E-state index >= 15 is 0 Å². The zero-order valence-electron chi connectivity index (χ0n) is 15.4. The van der Waals surface area contributed by atoms with E-state index in [0.717, 1.165) is 19.5 Å². The van der Waals surface area contributed by atoms with Crippen molar-refractivity contribution in [1.82, 2.24) is 24.1 Å². The van der Waals surface area contributed by atoms with Gasteiger partial charge in [0.1, 0.15) is 11.2 Å². The minimum atomic E-state index is -3.63. The number of likely N-dealkylation sites (N-methyl/N-ethyl adjacent to an activating group) is 1. The average molecular weight is 389 g/mol. The summed E-state index contributed by atoms with van der Waals surface area (Å²) >= 11 is 0. The monoisotopic (exact) mass is 389 g/mol. The van der Waals surface area contributed by atoms with Gasteiger partial charge in [0.2, 0.25) is 10.0 Å². The van der Waals surface area contributed by atoms with Crippen molar-refractivity contribution in [3.63, 3.8) is 0 Å². The molecule has 1 fully saturated rings. The van der Waals surface area contributed by atoms with Crippen LogP contribution in [0.25, 0.3) is 5.69 Å². The molecule has 1 saturated heterocycles. The van der Waals surface area contributed by atoms with Crippen LogP contribution >= 0.6 is 0 Å². The number of hydrogen-bond donors (Lipinski definition) is 1. The predicted molar refractivity (Wildman–Crippen MR) is 100 cm³/mol. The number of para-hydroxylation sites is 1. The van der Waals surface area contributed by atoms with Gasteiger partial charge >= 0.3 is 0 Å². The van der Waals surface area contributed by atoms with Crippen molar-refractivity contribution in [2.24, 2.45) is 0 Å². The van der Waals surface area contributed by atoms with E-state index in [0.29, 0.717) is 17.9 Å². The van der Waals surface area contributed by atoms with Crippen molar-refractivity contribution in [3.8, 4) is 5.69 Å². The van der Waals surface area contributed by atoms with Crippen LogP contribution in [0.3, 0.4) is 0 Å². The Hall–Kier alpha value is -2.23. The second-order valence-electron chi connectivity index (χ2n) is 7.03. The molecule has 0 bridgehead atoms. The van der Waals surface area contributed by atoms with Crippen molar-refractivity contribution in [2.45, 2.75) is 30.8 Å². The molecule has 0 saturated carbocycles. The van der Waals surface area contributed by atoms with Crippen LogP contribution in [0.5, 0.6) is 0 Å². The van der Waals surface area contributed by atoms with Crippen LogP contribution in [0, 0.1) is 0 Å². The van der Waals surface area contributed by atoms with E-state index < -0.39 is 10.0 Å². The number of sulfonamides is 1. The average Bonchev–Trinajstić information content (AvgIpc) is 3.23. The standard InChI is InChI=1S/C18H23N5O3S/c1-3-22-11-15-17(18(24)20-13-8-9-21(2)10-13)19-12-23(15)14-6-4-5-7-16(14)27(22,25)26/h4-7,12-13H,3,8-11H2,1-2H3,(H,20,24)/t13-/m0/s1. The topological polar surface area (TPSA) is 87.5 Å². The smallest absolute Gasteiger partial charge is 0.272 e. The highest BCUT2D eigenvalue weighted by Crippen LogP contribution is 2.31. The quantitative estimate of drug-likeness (QED) is 0.840. The van der Waals surface area contributed by atoms with Crippen LogP contribution in [0.1, 0.15) is 29.5 Å². The minimum absolute atomic E-state index is 0.0870. The Balaban J connectivity index is 1.75. The Labute approximate surface area is 158 Å². The van der Waals surface area contributed by atoms with Crippen LogP contribution in [-0.2, 0) is 16.6 Å². The van der Waals surface area contributed by atoms with E-state index in [-0.39, 0.29) is 29.1 Å². The number of fused-ring (bicyclic) bond motifs is 3. The van der Waals surface area contributed by atoms with Gasteiger partial charge in [-0.05, 0) is 32.1 Å². The third kappa shape index (κ3) is 3.05. The van der Waals surface area contributed by atoms with Gasteiger partial charge in [-0.1, -0.05) is 19.1 Å². The fourth-order valence-corrected chi connectivity index (χ4v) is 5.37. The summed E-state index contributed by atoms with van der Waals surface area (Å²) in [6.07, 6.45) is 2.44. The summed E-state index contributed by atoms with van der Waals surface area (Å²) < 4.78 is 29.1. The maximum atomic E-state index is 13.0. The molecule has 1 N–H and O–H groups in total. The summed E-state index contributed by atoms with van der Waals surface area (Å²) in [6, 6.07) is 6.91. The predicted octanol–water partition coefficient (Wildman–Crippen LogP) is 0.830. The van der Waals surface area contributed by atoms with Gasteiger partial charge in [0.05, 0.1) is 17.9 Å². The van der Waals surface area contributed by atoms with Crippen molar-refractivity contribution >= 4 is 15.9 Å². The summed E-state index contributed by atoms with van der Waals surface area (Å²) in [5.74, 6) is -0.253. The zero-order chi connectivity index (χ0) is 19.2. The lowest BCUT2D eigenvalue weighted by molar-refractivity contribution is 0.0932. The van der Waals surface area contributed by atoms with Gasteiger partial charge in [0.25, 0.3) is 5.91 Å². The van der Waals surface area contributed by atoms with Crippen LogP contribution in [0.15, 0.2) is 35.5 Å². The summed E-state index contributed by atoms with van der Waals surface area (Å²) in [7, 11) is -1.61. The normalized spacial score (nSPS) is 22.1. The van der Waals surface area contributed by atoms with Crippen molar-refractivity contribution in [3.05, 3.63) is 42.0 Å². The lowest BCUT2D eigenvalue weighted by atomic mass is 10.2. The number of benzene rings is 1. The summed E-state index contributed by atoms with van der Waals surface area (Å²) in [6.45, 7) is 3.97. The lowest BCUT2D eigenvalue weighted by Gasteiger charge is -2.18. The van der Waals surface area contributed by atoms with E-state index in [4.69, 9.17) is 0 Å². The molecule has 8 nitrogen and oxygen atoms in total. The first kappa shape index (κ1) is 18.1. The van der Waals surface area contributed by atoms with Crippen molar-refractivity contribution in [2.75, 3.05) is 26.7 Å². The van der Waals surface area contributed by atoms with Gasteiger partial charge in [-0.25, -0.2) is 13.4 Å². The molecule has 1 aromatic carbocycles. The number of amides is 1. The highest BCUT2D eigenvalue weighted by atomic mass is 32.2. The van der Waals surface area contributed by atoms with E-state index in [1.54, 1.807) is 42.1 Å². The molecule has 1 amide bonds. The van der Waals surface area contributed by atoms with Crippen LogP contribution in [0.4, 0.5) is 0 Å².